The van der Waals surface area contributed by atoms with Crippen LogP contribution in [0.2, 0.25) is 0 Å². The lowest BCUT2D eigenvalue weighted by molar-refractivity contribution is 0.245. The number of carbonyl (C=O) groups excluding carboxylic acids is 1. The number of rotatable bonds is 2. The topological polar surface area (TPSA) is 65.0 Å². The van der Waals surface area contributed by atoms with Gasteiger partial charge in [-0.3, -0.25) is 10.7 Å². The van der Waals surface area contributed by atoms with Crippen LogP contribution in [-0.4, -0.2) is 17.5 Å². The fourth-order valence-corrected chi connectivity index (χ4v) is 2.44. The molecule has 2 amide bonds. The molecule has 1 rings (SSSR count). The van der Waals surface area contributed by atoms with Gasteiger partial charge >= 0.3 is 6.03 Å². The van der Waals surface area contributed by atoms with E-state index in [0.29, 0.717) is 6.54 Å². The minimum absolute atomic E-state index is 0.145. The Morgan fingerprint density at radius 3 is 2.61 bits per heavy atom. The van der Waals surface area contributed by atoms with E-state index in [2.05, 4.69) is 37.5 Å². The van der Waals surface area contributed by atoms with Gasteiger partial charge in [0.05, 0.1) is 6.54 Å². The maximum absolute atomic E-state index is 11.4. The second-order valence-electron chi connectivity index (χ2n) is 4.86. The van der Waals surface area contributed by atoms with Crippen LogP contribution in [0, 0.1) is 5.41 Å². The zero-order valence-corrected chi connectivity index (χ0v) is 12.7. The molecular formula is C12H19N3OS2. The first kappa shape index (κ1) is 15.0. The van der Waals surface area contributed by atoms with Crippen molar-refractivity contribution in [1.29, 1.82) is 5.41 Å². The predicted octanol–water partition coefficient (Wildman–Crippen LogP) is 3.14. The number of carbonyl (C=O) groups is 1. The second kappa shape index (κ2) is 6.24. The number of amides is 2. The molecule has 0 saturated carbocycles. The van der Waals surface area contributed by atoms with Crippen molar-refractivity contribution in [3.05, 3.63) is 21.9 Å². The summed E-state index contributed by atoms with van der Waals surface area (Å²) in [6.45, 7) is 7.00. The number of hydrogen-bond acceptors (Lipinski definition) is 4. The Morgan fingerprint density at radius 2 is 2.11 bits per heavy atom. The maximum Gasteiger partial charge on any atom is 0.321 e. The molecule has 1 aromatic rings. The van der Waals surface area contributed by atoms with Crippen LogP contribution in [0.1, 0.15) is 30.5 Å². The molecule has 6 heteroatoms. The zero-order chi connectivity index (χ0) is 13.8. The summed E-state index contributed by atoms with van der Waals surface area (Å²) >= 11 is 2.90. The molecular weight excluding hydrogens is 266 g/mol. The van der Waals surface area contributed by atoms with E-state index in [9.17, 15) is 4.79 Å². The number of hydrogen-bond donors (Lipinski definition) is 3. The molecule has 3 N–H and O–H groups in total. The second-order valence-corrected chi connectivity index (χ2v) is 6.84. The summed E-state index contributed by atoms with van der Waals surface area (Å²) in [5.41, 5.74) is 0.145. The molecule has 0 unspecified atom stereocenters. The monoisotopic (exact) mass is 285 g/mol. The van der Waals surface area contributed by atoms with Crippen LogP contribution in [-0.2, 0) is 12.0 Å². The quantitative estimate of drug-likeness (QED) is 0.577. The van der Waals surface area contributed by atoms with Gasteiger partial charge in [-0.1, -0.05) is 32.5 Å². The highest BCUT2D eigenvalue weighted by Crippen LogP contribution is 2.29. The zero-order valence-electron chi connectivity index (χ0n) is 11.1. The number of amidine groups is 1. The lowest BCUT2D eigenvalue weighted by Gasteiger charge is -2.15. The Labute approximate surface area is 116 Å². The molecule has 0 radical (unpaired) electrons. The highest BCUT2D eigenvalue weighted by Gasteiger charge is 2.16. The van der Waals surface area contributed by atoms with Crippen molar-refractivity contribution in [2.24, 2.45) is 0 Å². The lowest BCUT2D eigenvalue weighted by Crippen LogP contribution is -2.37. The summed E-state index contributed by atoms with van der Waals surface area (Å²) < 4.78 is 0. The van der Waals surface area contributed by atoms with Crippen molar-refractivity contribution < 1.29 is 4.79 Å². The average Bonchev–Trinajstić information content (AvgIpc) is 2.74. The van der Waals surface area contributed by atoms with Crippen LogP contribution >= 0.6 is 23.1 Å². The van der Waals surface area contributed by atoms with Crippen molar-refractivity contribution in [1.82, 2.24) is 10.6 Å². The number of thiophene rings is 1. The van der Waals surface area contributed by atoms with Crippen molar-refractivity contribution in [3.8, 4) is 0 Å². The van der Waals surface area contributed by atoms with E-state index in [-0.39, 0.29) is 16.6 Å². The molecule has 0 bridgehead atoms. The van der Waals surface area contributed by atoms with Crippen LogP contribution in [0.3, 0.4) is 0 Å². The fourth-order valence-electron chi connectivity index (χ4n) is 1.24. The third kappa shape index (κ3) is 4.70. The first-order valence-corrected chi connectivity index (χ1v) is 7.63. The van der Waals surface area contributed by atoms with Crippen LogP contribution in [0.5, 0.6) is 0 Å². The molecule has 0 aromatic carbocycles. The SMILES string of the molecule is CSC(=N)NC(=O)NCc1ccc(C(C)(C)C)s1. The van der Waals surface area contributed by atoms with Gasteiger partial charge in [-0.05, 0) is 23.8 Å². The Bertz CT molecular complexity index is 435. The molecule has 0 saturated heterocycles. The molecule has 0 fully saturated rings. The number of thioether (sulfide) groups is 1. The molecule has 18 heavy (non-hydrogen) atoms. The third-order valence-corrected chi connectivity index (χ3v) is 4.28. The van der Waals surface area contributed by atoms with Gasteiger partial charge in [-0.25, -0.2) is 4.79 Å². The van der Waals surface area contributed by atoms with Gasteiger partial charge in [0.1, 0.15) is 0 Å². The molecule has 4 nitrogen and oxygen atoms in total. The van der Waals surface area contributed by atoms with E-state index in [0.717, 1.165) is 4.88 Å². The Morgan fingerprint density at radius 1 is 1.44 bits per heavy atom. The Kier molecular flexibility index (Phi) is 5.22. The summed E-state index contributed by atoms with van der Waals surface area (Å²) in [7, 11) is 0. The van der Waals surface area contributed by atoms with E-state index >= 15 is 0 Å². The summed E-state index contributed by atoms with van der Waals surface area (Å²) in [5, 5.41) is 12.7. The van der Waals surface area contributed by atoms with Gasteiger partial charge in [-0.15, -0.1) is 11.3 Å². The van der Waals surface area contributed by atoms with Crippen molar-refractivity contribution in [2.75, 3.05) is 6.26 Å². The summed E-state index contributed by atoms with van der Waals surface area (Å²) in [4.78, 5) is 13.8. The molecule has 100 valence electrons. The minimum atomic E-state index is -0.333. The summed E-state index contributed by atoms with van der Waals surface area (Å²) in [6, 6.07) is 3.80. The Hall–Kier alpha value is -1.01. The number of nitrogens with one attached hydrogen (secondary N) is 3. The smallest absolute Gasteiger partial charge is 0.321 e. The summed E-state index contributed by atoms with van der Waals surface area (Å²) in [6.07, 6.45) is 1.75. The predicted molar refractivity (Wildman–Crippen MR) is 79.6 cm³/mol. The van der Waals surface area contributed by atoms with E-state index in [1.165, 1.54) is 16.6 Å². The third-order valence-electron chi connectivity index (χ3n) is 2.26. The lowest BCUT2D eigenvalue weighted by atomic mass is 9.95. The molecule has 0 aliphatic rings. The highest BCUT2D eigenvalue weighted by molar-refractivity contribution is 8.13. The standard InChI is InChI=1S/C12H19N3OS2/c1-12(2,3)9-6-5-8(18-9)7-14-11(16)15-10(13)17-4/h5-6H,7H2,1-4H3,(H3,13,14,15,16). The first-order chi connectivity index (χ1) is 8.32. The van der Waals surface area contributed by atoms with E-state index in [1.807, 2.05) is 6.07 Å². The van der Waals surface area contributed by atoms with Gasteiger partial charge in [0.25, 0.3) is 0 Å². The number of urea groups is 1. The van der Waals surface area contributed by atoms with Crippen molar-refractivity contribution in [2.45, 2.75) is 32.7 Å². The molecule has 0 spiro atoms. The van der Waals surface area contributed by atoms with Crippen LogP contribution < -0.4 is 10.6 Å². The van der Waals surface area contributed by atoms with Crippen LogP contribution in [0.4, 0.5) is 4.79 Å². The highest BCUT2D eigenvalue weighted by atomic mass is 32.2. The van der Waals surface area contributed by atoms with Gasteiger partial charge in [-0.2, -0.15) is 0 Å². The molecule has 0 aliphatic heterocycles. The molecule has 0 atom stereocenters. The maximum atomic E-state index is 11.4. The van der Waals surface area contributed by atoms with Crippen molar-refractivity contribution in [3.63, 3.8) is 0 Å². The normalized spacial score (nSPS) is 11.1. The van der Waals surface area contributed by atoms with Gasteiger partial charge in [0, 0.05) is 9.75 Å². The van der Waals surface area contributed by atoms with E-state index < -0.39 is 0 Å². The largest absolute Gasteiger partial charge is 0.333 e. The Balaban J connectivity index is 2.47. The van der Waals surface area contributed by atoms with Gasteiger partial charge in [0.15, 0.2) is 5.17 Å². The van der Waals surface area contributed by atoms with E-state index in [1.54, 1.807) is 17.6 Å². The summed E-state index contributed by atoms with van der Waals surface area (Å²) in [5.74, 6) is 0. The molecule has 1 aromatic heterocycles. The van der Waals surface area contributed by atoms with E-state index in [4.69, 9.17) is 5.41 Å². The molecule has 0 aliphatic carbocycles. The minimum Gasteiger partial charge on any atom is -0.333 e. The average molecular weight is 285 g/mol. The van der Waals surface area contributed by atoms with Crippen LogP contribution in [0.25, 0.3) is 0 Å². The first-order valence-electron chi connectivity index (χ1n) is 5.59. The fraction of sp³-hybridized carbons (Fsp3) is 0.500. The molecule has 1 heterocycles. The van der Waals surface area contributed by atoms with Gasteiger partial charge < -0.3 is 5.32 Å². The van der Waals surface area contributed by atoms with Crippen LogP contribution in [0.15, 0.2) is 12.1 Å². The van der Waals surface area contributed by atoms with Gasteiger partial charge in [0.2, 0.25) is 0 Å². The van der Waals surface area contributed by atoms with Crippen molar-refractivity contribution >= 4 is 34.3 Å².